The van der Waals surface area contributed by atoms with Crippen molar-refractivity contribution in [3.8, 4) is 6.07 Å². The largest absolute Gasteiger partial charge is 0.341 e. The Morgan fingerprint density at radius 1 is 1.07 bits per heavy atom. The van der Waals surface area contributed by atoms with E-state index in [-0.39, 0.29) is 5.91 Å². The van der Waals surface area contributed by atoms with E-state index in [1.165, 1.54) is 0 Å². The topological polar surface area (TPSA) is 85.2 Å². The minimum absolute atomic E-state index is 0.0581. The number of urea groups is 1. The molecule has 0 unspecified atom stereocenters. The van der Waals surface area contributed by atoms with Crippen molar-refractivity contribution in [3.63, 3.8) is 0 Å². The summed E-state index contributed by atoms with van der Waals surface area (Å²) in [5, 5.41) is 14.5. The van der Waals surface area contributed by atoms with Crippen LogP contribution in [0.15, 0.2) is 54.6 Å². The van der Waals surface area contributed by atoms with Gasteiger partial charge >= 0.3 is 6.03 Å². The van der Waals surface area contributed by atoms with Gasteiger partial charge in [0.05, 0.1) is 11.6 Å². The number of nitriles is 1. The minimum Gasteiger partial charge on any atom is -0.341 e. The molecule has 0 aliphatic carbocycles. The Balaban J connectivity index is 1.70. The molecule has 27 heavy (non-hydrogen) atoms. The van der Waals surface area contributed by atoms with Crippen LogP contribution in [-0.2, 0) is 11.2 Å². The summed E-state index contributed by atoms with van der Waals surface area (Å²) >= 11 is 0. The van der Waals surface area contributed by atoms with Crippen LogP contribution in [0.25, 0.3) is 0 Å². The zero-order chi connectivity index (χ0) is 19.1. The predicted octanol–water partition coefficient (Wildman–Crippen LogP) is 2.91. The Morgan fingerprint density at radius 3 is 2.52 bits per heavy atom. The van der Waals surface area contributed by atoms with Gasteiger partial charge in [-0.3, -0.25) is 4.79 Å². The molecule has 6 nitrogen and oxygen atoms in total. The number of amides is 3. The second-order valence-corrected chi connectivity index (χ2v) is 6.57. The fourth-order valence-corrected chi connectivity index (χ4v) is 3.20. The summed E-state index contributed by atoms with van der Waals surface area (Å²) in [7, 11) is 0. The number of nitrogens with one attached hydrogen (secondary N) is 2. The van der Waals surface area contributed by atoms with E-state index in [4.69, 9.17) is 5.26 Å². The Hall–Kier alpha value is -3.33. The Bertz CT molecular complexity index is 839. The predicted molar refractivity (Wildman–Crippen MR) is 103 cm³/mol. The van der Waals surface area contributed by atoms with Gasteiger partial charge < -0.3 is 15.5 Å². The van der Waals surface area contributed by atoms with Crippen molar-refractivity contribution < 1.29 is 9.59 Å². The van der Waals surface area contributed by atoms with Gasteiger partial charge in [-0.1, -0.05) is 36.4 Å². The van der Waals surface area contributed by atoms with Gasteiger partial charge in [0, 0.05) is 25.2 Å². The van der Waals surface area contributed by atoms with Crippen molar-refractivity contribution in [1.82, 2.24) is 10.2 Å². The lowest BCUT2D eigenvalue weighted by Gasteiger charge is -2.24. The number of hydrogen-bond acceptors (Lipinski definition) is 3. The molecule has 138 valence electrons. The average molecular weight is 362 g/mol. The van der Waals surface area contributed by atoms with E-state index in [1.54, 1.807) is 24.3 Å². The smallest absolute Gasteiger partial charge is 0.319 e. The highest BCUT2D eigenvalue weighted by Crippen LogP contribution is 2.13. The molecule has 0 radical (unpaired) electrons. The van der Waals surface area contributed by atoms with Crippen LogP contribution in [-0.4, -0.2) is 36.0 Å². The fourth-order valence-electron chi connectivity index (χ4n) is 3.20. The van der Waals surface area contributed by atoms with E-state index >= 15 is 0 Å². The summed E-state index contributed by atoms with van der Waals surface area (Å²) in [4.78, 5) is 27.1. The van der Waals surface area contributed by atoms with Gasteiger partial charge in [0.25, 0.3) is 0 Å². The van der Waals surface area contributed by atoms with Gasteiger partial charge in [-0.15, -0.1) is 0 Å². The van der Waals surface area contributed by atoms with Gasteiger partial charge in [0.2, 0.25) is 5.91 Å². The second-order valence-electron chi connectivity index (χ2n) is 6.57. The molecule has 1 aliphatic rings. The third-order valence-electron chi connectivity index (χ3n) is 4.55. The summed E-state index contributed by atoms with van der Waals surface area (Å²) in [6.45, 7) is 1.47. The first-order chi connectivity index (χ1) is 13.2. The Morgan fingerprint density at radius 2 is 1.81 bits per heavy atom. The number of carbonyl (C=O) groups is 2. The lowest BCUT2D eigenvalue weighted by atomic mass is 10.0. The van der Waals surface area contributed by atoms with Crippen molar-refractivity contribution in [2.75, 3.05) is 18.4 Å². The number of carbonyl (C=O) groups excluding carboxylic acids is 2. The zero-order valence-electron chi connectivity index (χ0n) is 15.0. The van der Waals surface area contributed by atoms with Crippen molar-refractivity contribution in [2.45, 2.75) is 25.3 Å². The molecule has 2 aromatic carbocycles. The van der Waals surface area contributed by atoms with E-state index in [9.17, 15) is 9.59 Å². The van der Waals surface area contributed by atoms with Gasteiger partial charge in [0.1, 0.15) is 6.04 Å². The number of anilines is 1. The Labute approximate surface area is 158 Å². The van der Waals surface area contributed by atoms with Crippen LogP contribution in [0.5, 0.6) is 0 Å². The molecule has 2 aromatic rings. The molecule has 0 aromatic heterocycles. The molecular weight excluding hydrogens is 340 g/mol. The minimum atomic E-state index is -0.635. The van der Waals surface area contributed by atoms with Crippen LogP contribution >= 0.6 is 0 Å². The standard InChI is InChI=1S/C21H22N4O2/c22-15-17-9-6-10-18(13-17)23-21(27)24-19(14-16-7-2-1-3-8-16)20(26)25-11-4-5-12-25/h1-3,6-10,13,19H,4-5,11-12,14H2,(H2,23,24,27)/t19-/m0/s1. The van der Waals surface area contributed by atoms with Crippen LogP contribution in [0, 0.1) is 11.3 Å². The molecule has 0 spiro atoms. The lowest BCUT2D eigenvalue weighted by molar-refractivity contribution is -0.132. The molecule has 2 N–H and O–H groups in total. The number of rotatable bonds is 5. The fraction of sp³-hybridized carbons (Fsp3) is 0.286. The maximum atomic E-state index is 12.9. The molecule has 6 heteroatoms. The maximum absolute atomic E-state index is 12.9. The highest BCUT2D eigenvalue weighted by Gasteiger charge is 2.28. The quantitative estimate of drug-likeness (QED) is 0.858. The van der Waals surface area contributed by atoms with E-state index in [0.29, 0.717) is 17.7 Å². The molecule has 0 bridgehead atoms. The Kier molecular flexibility index (Phi) is 6.06. The van der Waals surface area contributed by atoms with Crippen LogP contribution in [0.4, 0.5) is 10.5 Å². The van der Waals surface area contributed by atoms with E-state index < -0.39 is 12.1 Å². The third kappa shape index (κ3) is 5.08. The second kappa shape index (κ2) is 8.86. The highest BCUT2D eigenvalue weighted by atomic mass is 16.2. The summed E-state index contributed by atoms with van der Waals surface area (Å²) in [6, 6.07) is 17.2. The molecular formula is C21H22N4O2. The molecule has 3 amide bonds. The van der Waals surface area contributed by atoms with E-state index in [0.717, 1.165) is 31.5 Å². The lowest BCUT2D eigenvalue weighted by Crippen LogP contribution is -2.50. The summed E-state index contributed by atoms with van der Waals surface area (Å²) < 4.78 is 0. The maximum Gasteiger partial charge on any atom is 0.319 e. The van der Waals surface area contributed by atoms with Crippen LogP contribution in [0.3, 0.4) is 0 Å². The first-order valence-corrected chi connectivity index (χ1v) is 9.06. The van der Waals surface area contributed by atoms with Crippen molar-refractivity contribution >= 4 is 17.6 Å². The van der Waals surface area contributed by atoms with Crippen LogP contribution < -0.4 is 10.6 Å². The van der Waals surface area contributed by atoms with E-state index in [2.05, 4.69) is 10.6 Å². The van der Waals surface area contributed by atoms with E-state index in [1.807, 2.05) is 41.3 Å². The van der Waals surface area contributed by atoms with Gasteiger partial charge in [-0.2, -0.15) is 5.26 Å². The molecule has 1 saturated heterocycles. The van der Waals surface area contributed by atoms with Gasteiger partial charge in [-0.05, 0) is 36.6 Å². The molecule has 3 rings (SSSR count). The monoisotopic (exact) mass is 362 g/mol. The number of likely N-dealkylation sites (tertiary alicyclic amines) is 1. The molecule has 1 fully saturated rings. The van der Waals surface area contributed by atoms with Crippen LogP contribution in [0.1, 0.15) is 24.0 Å². The van der Waals surface area contributed by atoms with Gasteiger partial charge in [0.15, 0.2) is 0 Å². The van der Waals surface area contributed by atoms with Crippen molar-refractivity contribution in [3.05, 3.63) is 65.7 Å². The van der Waals surface area contributed by atoms with Gasteiger partial charge in [-0.25, -0.2) is 4.79 Å². The molecule has 1 atom stereocenters. The first-order valence-electron chi connectivity index (χ1n) is 9.06. The zero-order valence-corrected chi connectivity index (χ0v) is 15.0. The first kappa shape index (κ1) is 18.5. The average Bonchev–Trinajstić information content (AvgIpc) is 3.22. The summed E-state index contributed by atoms with van der Waals surface area (Å²) in [5.74, 6) is -0.0581. The number of nitrogens with zero attached hydrogens (tertiary/aromatic N) is 2. The van der Waals surface area contributed by atoms with Crippen molar-refractivity contribution in [2.24, 2.45) is 0 Å². The summed E-state index contributed by atoms with van der Waals surface area (Å²) in [5.41, 5.74) is 1.96. The molecule has 1 heterocycles. The molecule has 0 saturated carbocycles. The normalized spacial score (nSPS) is 14.3. The SMILES string of the molecule is N#Cc1cccc(NC(=O)N[C@@H](Cc2ccccc2)C(=O)N2CCCC2)c1. The molecule has 1 aliphatic heterocycles. The number of benzene rings is 2. The summed E-state index contributed by atoms with van der Waals surface area (Å²) in [6.07, 6.45) is 2.43. The highest BCUT2D eigenvalue weighted by molar-refractivity contribution is 5.94. The van der Waals surface area contributed by atoms with Crippen molar-refractivity contribution in [1.29, 1.82) is 5.26 Å². The third-order valence-corrected chi connectivity index (χ3v) is 4.55. The number of hydrogen-bond donors (Lipinski definition) is 2. The van der Waals surface area contributed by atoms with Crippen LogP contribution in [0.2, 0.25) is 0 Å².